The normalized spacial score (nSPS) is 30.6. The minimum Gasteiger partial charge on any atom is -0.333 e. The Kier molecular flexibility index (Phi) is 2.72. The minimum atomic E-state index is 0.532. The molecule has 0 aromatic carbocycles. The lowest BCUT2D eigenvalue weighted by Gasteiger charge is -2.29. The largest absolute Gasteiger partial charge is 0.333 e. The van der Waals surface area contributed by atoms with Gasteiger partial charge in [-0.2, -0.15) is 0 Å². The molecule has 2 atom stereocenters. The average molecular weight is 219 g/mol. The fourth-order valence-corrected chi connectivity index (χ4v) is 2.72. The second kappa shape index (κ2) is 4.21. The summed E-state index contributed by atoms with van der Waals surface area (Å²) < 4.78 is 2.37. The Morgan fingerprint density at radius 2 is 2.25 bits per heavy atom. The highest BCUT2D eigenvalue weighted by Crippen LogP contribution is 2.32. The van der Waals surface area contributed by atoms with E-state index in [2.05, 4.69) is 28.0 Å². The molecule has 0 spiro atoms. The fraction of sp³-hybridized carbons (Fsp3) is 0.769. The van der Waals surface area contributed by atoms with Gasteiger partial charge in [-0.05, 0) is 44.9 Å². The van der Waals surface area contributed by atoms with Crippen LogP contribution < -0.4 is 5.32 Å². The van der Waals surface area contributed by atoms with Crippen molar-refractivity contribution in [2.24, 2.45) is 5.92 Å². The van der Waals surface area contributed by atoms with Crippen LogP contribution in [0.3, 0.4) is 0 Å². The van der Waals surface area contributed by atoms with Gasteiger partial charge in [0.25, 0.3) is 0 Å². The molecule has 3 nitrogen and oxygen atoms in total. The van der Waals surface area contributed by atoms with E-state index in [9.17, 15) is 0 Å². The summed E-state index contributed by atoms with van der Waals surface area (Å²) in [6, 6.07) is 1.19. The molecule has 1 saturated carbocycles. The summed E-state index contributed by atoms with van der Waals surface area (Å²) in [4.78, 5) is 4.33. The van der Waals surface area contributed by atoms with Crippen molar-refractivity contribution >= 4 is 0 Å². The highest BCUT2D eigenvalue weighted by atomic mass is 15.1. The van der Waals surface area contributed by atoms with Crippen LogP contribution in [0.4, 0.5) is 0 Å². The highest BCUT2D eigenvalue weighted by molar-refractivity contribution is 5.07. The zero-order valence-corrected chi connectivity index (χ0v) is 10.0. The Morgan fingerprint density at radius 3 is 3.00 bits per heavy atom. The first-order chi connectivity index (χ1) is 7.83. The quantitative estimate of drug-likeness (QED) is 0.846. The van der Waals surface area contributed by atoms with Crippen LogP contribution in [0.25, 0.3) is 0 Å². The zero-order chi connectivity index (χ0) is 11.0. The third-order valence-electron chi connectivity index (χ3n) is 3.87. The Labute approximate surface area is 97.3 Å². The van der Waals surface area contributed by atoms with Gasteiger partial charge >= 0.3 is 0 Å². The Hall–Kier alpha value is -0.830. The second-order valence-electron chi connectivity index (χ2n) is 5.47. The summed E-state index contributed by atoms with van der Waals surface area (Å²) in [5, 5.41) is 3.69. The number of hydrogen-bond donors (Lipinski definition) is 1. The summed E-state index contributed by atoms with van der Waals surface area (Å²) in [7, 11) is 0. The standard InChI is InChI=1S/C13H21N3/c1-10-3-2-4-12(15-10)13-7-14-9-16(13)8-11-5-6-11/h7,9-12,15H,2-6,8H2,1H3. The number of hydrogen-bond acceptors (Lipinski definition) is 2. The second-order valence-corrected chi connectivity index (χ2v) is 5.47. The van der Waals surface area contributed by atoms with Crippen LogP contribution in [-0.2, 0) is 6.54 Å². The summed E-state index contributed by atoms with van der Waals surface area (Å²) in [5.41, 5.74) is 1.40. The van der Waals surface area contributed by atoms with Gasteiger partial charge in [0.15, 0.2) is 0 Å². The number of nitrogens with one attached hydrogen (secondary N) is 1. The molecule has 2 heterocycles. The van der Waals surface area contributed by atoms with Gasteiger partial charge in [0.2, 0.25) is 0 Å². The molecule has 88 valence electrons. The van der Waals surface area contributed by atoms with Crippen LogP contribution >= 0.6 is 0 Å². The third kappa shape index (κ3) is 2.14. The number of imidazole rings is 1. The monoisotopic (exact) mass is 219 g/mol. The van der Waals surface area contributed by atoms with E-state index >= 15 is 0 Å². The van der Waals surface area contributed by atoms with Crippen molar-refractivity contribution < 1.29 is 0 Å². The lowest BCUT2D eigenvalue weighted by molar-refractivity contribution is 0.328. The summed E-state index contributed by atoms with van der Waals surface area (Å²) >= 11 is 0. The van der Waals surface area contributed by atoms with E-state index in [1.54, 1.807) is 0 Å². The summed E-state index contributed by atoms with van der Waals surface area (Å²) in [5.74, 6) is 0.925. The predicted octanol–water partition coefficient (Wildman–Crippen LogP) is 2.50. The lowest BCUT2D eigenvalue weighted by atomic mass is 9.97. The van der Waals surface area contributed by atoms with E-state index in [-0.39, 0.29) is 0 Å². The van der Waals surface area contributed by atoms with Gasteiger partial charge in [-0.15, -0.1) is 0 Å². The summed E-state index contributed by atoms with van der Waals surface area (Å²) in [6.45, 7) is 3.47. The maximum Gasteiger partial charge on any atom is 0.0948 e. The maximum atomic E-state index is 4.33. The number of piperidine rings is 1. The van der Waals surface area contributed by atoms with Gasteiger partial charge in [-0.25, -0.2) is 4.98 Å². The average Bonchev–Trinajstić information content (AvgIpc) is 2.95. The van der Waals surface area contributed by atoms with E-state index in [0.29, 0.717) is 12.1 Å². The molecule has 1 aromatic heterocycles. The first-order valence-corrected chi connectivity index (χ1v) is 6.59. The van der Waals surface area contributed by atoms with E-state index in [1.807, 2.05) is 6.33 Å². The molecule has 1 N–H and O–H groups in total. The van der Waals surface area contributed by atoms with Gasteiger partial charge in [0, 0.05) is 24.8 Å². The van der Waals surface area contributed by atoms with E-state index < -0.39 is 0 Å². The molecule has 0 bridgehead atoms. The zero-order valence-electron chi connectivity index (χ0n) is 10.0. The summed E-state index contributed by atoms with van der Waals surface area (Å²) in [6.07, 6.45) is 10.8. The number of nitrogens with zero attached hydrogens (tertiary/aromatic N) is 2. The van der Waals surface area contributed by atoms with Gasteiger partial charge in [0.05, 0.1) is 12.0 Å². The molecule has 1 aliphatic heterocycles. The van der Waals surface area contributed by atoms with Crippen LogP contribution in [0, 0.1) is 5.92 Å². The molecule has 1 aromatic rings. The van der Waals surface area contributed by atoms with Crippen LogP contribution in [0.1, 0.15) is 50.8 Å². The SMILES string of the molecule is CC1CCCC(c2cncn2CC2CC2)N1. The first-order valence-electron chi connectivity index (χ1n) is 6.59. The van der Waals surface area contributed by atoms with Crippen LogP contribution in [0.2, 0.25) is 0 Å². The molecular formula is C13H21N3. The third-order valence-corrected chi connectivity index (χ3v) is 3.87. The molecule has 2 aliphatic rings. The Bertz CT molecular complexity index is 354. The van der Waals surface area contributed by atoms with Crippen molar-refractivity contribution in [2.75, 3.05) is 0 Å². The van der Waals surface area contributed by atoms with Gasteiger partial charge in [-0.3, -0.25) is 0 Å². The molecule has 3 heteroatoms. The van der Waals surface area contributed by atoms with Gasteiger partial charge < -0.3 is 9.88 Å². The van der Waals surface area contributed by atoms with Crippen LogP contribution in [-0.4, -0.2) is 15.6 Å². The van der Waals surface area contributed by atoms with E-state index in [1.165, 1.54) is 44.3 Å². The van der Waals surface area contributed by atoms with Gasteiger partial charge in [-0.1, -0.05) is 0 Å². The van der Waals surface area contributed by atoms with Crippen LogP contribution in [0.5, 0.6) is 0 Å². The van der Waals surface area contributed by atoms with E-state index in [0.717, 1.165) is 5.92 Å². The molecular weight excluding hydrogens is 198 g/mol. The molecule has 2 fully saturated rings. The minimum absolute atomic E-state index is 0.532. The topological polar surface area (TPSA) is 29.9 Å². The fourth-order valence-electron chi connectivity index (χ4n) is 2.72. The van der Waals surface area contributed by atoms with Crippen molar-refractivity contribution in [1.29, 1.82) is 0 Å². The van der Waals surface area contributed by atoms with E-state index in [4.69, 9.17) is 0 Å². The molecule has 1 saturated heterocycles. The molecule has 1 aliphatic carbocycles. The first kappa shape index (κ1) is 10.3. The Balaban J connectivity index is 1.73. The molecule has 0 amide bonds. The van der Waals surface area contributed by atoms with Crippen molar-refractivity contribution in [3.8, 4) is 0 Å². The lowest BCUT2D eigenvalue weighted by Crippen LogP contribution is -2.35. The van der Waals surface area contributed by atoms with Crippen molar-refractivity contribution in [1.82, 2.24) is 14.9 Å². The van der Waals surface area contributed by atoms with Crippen molar-refractivity contribution in [2.45, 2.75) is 57.7 Å². The smallest absolute Gasteiger partial charge is 0.0948 e. The maximum absolute atomic E-state index is 4.33. The highest BCUT2D eigenvalue weighted by Gasteiger charge is 2.26. The molecule has 16 heavy (non-hydrogen) atoms. The van der Waals surface area contributed by atoms with Crippen molar-refractivity contribution in [3.63, 3.8) is 0 Å². The Morgan fingerprint density at radius 1 is 1.38 bits per heavy atom. The molecule has 2 unspecified atom stereocenters. The van der Waals surface area contributed by atoms with Crippen molar-refractivity contribution in [3.05, 3.63) is 18.2 Å². The number of rotatable bonds is 3. The van der Waals surface area contributed by atoms with Crippen LogP contribution in [0.15, 0.2) is 12.5 Å². The number of aromatic nitrogens is 2. The van der Waals surface area contributed by atoms with Gasteiger partial charge in [0.1, 0.15) is 0 Å². The predicted molar refractivity (Wildman–Crippen MR) is 64.1 cm³/mol. The molecule has 0 radical (unpaired) electrons. The molecule has 3 rings (SSSR count).